The normalized spacial score (nSPS) is 14.4. The molecule has 1 saturated heterocycles. The first-order valence-corrected chi connectivity index (χ1v) is 26.9. The summed E-state index contributed by atoms with van der Waals surface area (Å²) < 4.78 is 1.10. The van der Waals surface area contributed by atoms with Gasteiger partial charge < -0.3 is 68.2 Å². The van der Waals surface area contributed by atoms with E-state index < -0.39 is 83.3 Å². The van der Waals surface area contributed by atoms with Crippen molar-refractivity contribution in [3.05, 3.63) is 82.9 Å². The molecule has 80 heavy (non-hydrogen) atoms. The van der Waals surface area contributed by atoms with Crippen molar-refractivity contribution >= 4 is 69.8 Å². The predicted octanol–water partition coefficient (Wildman–Crippen LogP) is -0.457. The number of imidazole rings is 1. The van der Waals surface area contributed by atoms with Gasteiger partial charge in [0.05, 0.1) is 29.3 Å². The first kappa shape index (κ1) is 62.3. The number of phenols is 1. The molecule has 5 rings (SSSR count). The van der Waals surface area contributed by atoms with Crippen molar-refractivity contribution in [2.75, 3.05) is 44.7 Å². The van der Waals surface area contributed by atoms with Gasteiger partial charge in [-0.1, -0.05) is 45.7 Å². The van der Waals surface area contributed by atoms with E-state index in [0.29, 0.717) is 67.9 Å². The van der Waals surface area contributed by atoms with Crippen LogP contribution in [-0.4, -0.2) is 158 Å². The molecule has 2 aromatic carbocycles. The Morgan fingerprint density at radius 3 is 2.04 bits per heavy atom. The van der Waals surface area contributed by atoms with Crippen LogP contribution in [0.5, 0.6) is 5.75 Å². The van der Waals surface area contributed by atoms with Crippen LogP contribution in [-0.2, 0) is 57.7 Å². The molecule has 434 valence electrons. The van der Waals surface area contributed by atoms with E-state index in [2.05, 4.69) is 57.5 Å². The molecule has 0 unspecified atom stereocenters. The number of hydrogen-bond donors (Lipinski definition) is 12. The van der Waals surface area contributed by atoms with Crippen LogP contribution in [0.4, 0.5) is 5.69 Å². The lowest BCUT2D eigenvalue weighted by atomic mass is 10.0. The molecule has 0 saturated carbocycles. The van der Waals surface area contributed by atoms with Gasteiger partial charge in [0.1, 0.15) is 48.0 Å². The summed E-state index contributed by atoms with van der Waals surface area (Å²) in [7, 11) is 1.45. The summed E-state index contributed by atoms with van der Waals surface area (Å²) in [6, 6.07) is 5.48. The molecule has 1 aliphatic rings. The highest BCUT2D eigenvalue weighted by atomic mass is 16.3. The maximum absolute atomic E-state index is 14.4. The number of carbonyl (C=O) groups excluding carboxylic acids is 8. The van der Waals surface area contributed by atoms with Crippen LogP contribution in [0.3, 0.4) is 0 Å². The number of nitrogens with one attached hydrogen (secondary N) is 10. The van der Waals surface area contributed by atoms with Crippen LogP contribution in [0.2, 0.25) is 0 Å². The van der Waals surface area contributed by atoms with Crippen molar-refractivity contribution in [3.8, 4) is 5.75 Å². The number of hydrogen-bond acceptors (Lipinski definition) is 14. The minimum absolute atomic E-state index is 0.0131. The van der Waals surface area contributed by atoms with Crippen molar-refractivity contribution in [1.82, 2.24) is 67.0 Å². The third-order valence-corrected chi connectivity index (χ3v) is 13.4. The zero-order valence-corrected chi connectivity index (χ0v) is 46.6. The monoisotopic (exact) mass is 1110 g/mol. The second-order valence-corrected chi connectivity index (χ2v) is 20.8. The third-order valence-electron chi connectivity index (χ3n) is 13.4. The van der Waals surface area contributed by atoms with Crippen molar-refractivity contribution in [2.45, 2.75) is 135 Å². The zero-order valence-electron chi connectivity index (χ0n) is 46.6. The Bertz CT molecular complexity index is 2870. The number of likely N-dealkylation sites (N-methyl/N-ethyl adjacent to an activating group) is 1. The fourth-order valence-corrected chi connectivity index (χ4v) is 9.15. The van der Waals surface area contributed by atoms with Crippen LogP contribution in [0.15, 0.2) is 66.1 Å². The molecular formula is C54H78N16O10. The third kappa shape index (κ3) is 18.5. The fraction of sp³-hybridized carbons (Fsp3) is 0.519. The Morgan fingerprint density at radius 2 is 1.44 bits per heavy atom. The SMILES string of the molecule is CCCC[C@H](NC(=O)C(C)(C)NC(C)=O)C(=O)N1CCN(c2ccc3ncn(CC(=O)N[C@@H](CCCNC(=N)N)C(=O)N[C@@H](Cc4c[nH]cn4)C(=O)N[C@@H](Cc4ccc(O)cc4)C(=O)N[C@@H](CC(C)C)C(=O)NC)c(=O)c3c2)CC1. The Labute approximate surface area is 464 Å². The van der Waals surface area contributed by atoms with Crippen LogP contribution in [0.1, 0.15) is 91.3 Å². The number of nitrogens with zero attached hydrogens (tertiary/aromatic N) is 5. The fourth-order valence-electron chi connectivity index (χ4n) is 9.15. The number of anilines is 1. The minimum Gasteiger partial charge on any atom is -0.508 e. The molecular weight excluding hydrogens is 1030 g/mol. The van der Waals surface area contributed by atoms with Crippen LogP contribution in [0.25, 0.3) is 10.9 Å². The van der Waals surface area contributed by atoms with Gasteiger partial charge in [-0.2, -0.15) is 0 Å². The molecule has 0 aliphatic carbocycles. The van der Waals surface area contributed by atoms with Gasteiger partial charge in [0.25, 0.3) is 5.56 Å². The lowest BCUT2D eigenvalue weighted by Crippen LogP contribution is -2.60. The summed E-state index contributed by atoms with van der Waals surface area (Å²) in [6.45, 7) is 11.3. The molecule has 1 fully saturated rings. The van der Waals surface area contributed by atoms with Gasteiger partial charge in [0, 0.05) is 71.4 Å². The quantitative estimate of drug-likeness (QED) is 0.0195. The van der Waals surface area contributed by atoms with E-state index >= 15 is 0 Å². The maximum atomic E-state index is 14.4. The number of amides is 8. The van der Waals surface area contributed by atoms with Gasteiger partial charge in [0.15, 0.2) is 5.96 Å². The standard InChI is InChI=1S/C54H78N16O10/c1-8-9-11-41(66-52(80)54(5,6)67-33(4)71)51(79)69-22-20-68(21-23-69)36-15-18-39-38(27-36)50(78)70(31-61-39)29-45(73)62-40(12-10-19-59-53(55)56)47(75)65-44(26-35-28-58-30-60-35)49(77)64-43(25-34-13-16-37(72)17-14-34)48(76)63-42(24-32(2)3)46(74)57-7/h13-18,27-28,30-32,40-44,72H,8-12,19-26,29H2,1-7H3,(H,57,74)(H,58,60)(H,62,73)(H,63,76)(H,64,77)(H,65,75)(H,66,80)(H,67,71)(H4,55,56,59)/t40-,41-,42-,43-,44-/m0/s1. The van der Waals surface area contributed by atoms with Gasteiger partial charge in [0.2, 0.25) is 47.3 Å². The number of aromatic hydroxyl groups is 1. The van der Waals surface area contributed by atoms with Crippen molar-refractivity contribution < 1.29 is 43.5 Å². The molecule has 0 spiro atoms. The molecule has 13 N–H and O–H groups in total. The molecule has 4 aromatic rings. The molecule has 2 aromatic heterocycles. The van der Waals surface area contributed by atoms with Gasteiger partial charge >= 0.3 is 0 Å². The number of benzene rings is 2. The number of nitrogens with two attached hydrogens (primary N) is 1. The number of H-pyrrole nitrogens is 1. The van der Waals surface area contributed by atoms with Crippen LogP contribution >= 0.6 is 0 Å². The van der Waals surface area contributed by atoms with E-state index in [1.165, 1.54) is 45.0 Å². The molecule has 0 radical (unpaired) electrons. The molecule has 26 heteroatoms. The Hall–Kier alpha value is -8.58. The highest BCUT2D eigenvalue weighted by Crippen LogP contribution is 2.22. The number of aromatic amines is 1. The van der Waals surface area contributed by atoms with Gasteiger partial charge in [-0.3, -0.25) is 53.1 Å². The number of unbranched alkanes of at least 4 members (excludes halogenated alkanes) is 1. The number of aromatic nitrogens is 4. The van der Waals surface area contributed by atoms with Crippen LogP contribution in [0, 0.1) is 11.3 Å². The zero-order chi connectivity index (χ0) is 58.7. The highest BCUT2D eigenvalue weighted by molar-refractivity contribution is 5.96. The summed E-state index contributed by atoms with van der Waals surface area (Å²) in [5.74, 6) is -4.86. The number of carbonyl (C=O) groups is 8. The van der Waals surface area contributed by atoms with Gasteiger partial charge in [-0.05, 0) is 81.3 Å². The van der Waals surface area contributed by atoms with E-state index in [4.69, 9.17) is 11.1 Å². The molecule has 8 amide bonds. The molecule has 0 bridgehead atoms. The second-order valence-electron chi connectivity index (χ2n) is 20.8. The largest absolute Gasteiger partial charge is 0.508 e. The average Bonchev–Trinajstić information content (AvgIpc) is 4.00. The van der Waals surface area contributed by atoms with Crippen molar-refractivity contribution in [2.24, 2.45) is 11.7 Å². The van der Waals surface area contributed by atoms with E-state index in [1.807, 2.05) is 31.7 Å². The van der Waals surface area contributed by atoms with E-state index in [0.717, 1.165) is 11.0 Å². The second kappa shape index (κ2) is 29.4. The van der Waals surface area contributed by atoms with Crippen LogP contribution < -0.4 is 58.7 Å². The number of phenolic OH excluding ortho intramolecular Hbond substituents is 1. The van der Waals surface area contributed by atoms with Gasteiger partial charge in [-0.15, -0.1) is 0 Å². The summed E-state index contributed by atoms with van der Waals surface area (Å²) in [5, 5.41) is 39.3. The smallest absolute Gasteiger partial charge is 0.261 e. The predicted molar refractivity (Wildman–Crippen MR) is 299 cm³/mol. The van der Waals surface area contributed by atoms with E-state index in [-0.39, 0.29) is 67.1 Å². The Kier molecular flexibility index (Phi) is 22.9. The lowest BCUT2D eigenvalue weighted by molar-refractivity contribution is -0.139. The minimum atomic E-state index is -1.38. The summed E-state index contributed by atoms with van der Waals surface area (Å²) in [5.41, 5.74) is 5.70. The topological polar surface area (TPSA) is 373 Å². The van der Waals surface area contributed by atoms with E-state index in [1.54, 1.807) is 43.0 Å². The summed E-state index contributed by atoms with van der Waals surface area (Å²) in [4.78, 5) is 138. The average molecular weight is 1110 g/mol. The number of rotatable bonds is 28. The highest BCUT2D eigenvalue weighted by Gasteiger charge is 2.36. The van der Waals surface area contributed by atoms with Gasteiger partial charge in [-0.25, -0.2) is 9.97 Å². The summed E-state index contributed by atoms with van der Waals surface area (Å²) >= 11 is 0. The van der Waals surface area contributed by atoms with Crippen molar-refractivity contribution in [3.63, 3.8) is 0 Å². The van der Waals surface area contributed by atoms with Crippen molar-refractivity contribution in [1.29, 1.82) is 5.41 Å². The molecule has 3 heterocycles. The Balaban J connectivity index is 1.32. The van der Waals surface area contributed by atoms with E-state index in [9.17, 15) is 48.3 Å². The molecule has 5 atom stereocenters. The molecule has 1 aliphatic heterocycles. The molecule has 26 nitrogen and oxygen atoms in total. The number of fused-ring (bicyclic) bond motifs is 1. The number of guanidine groups is 1. The Morgan fingerprint density at radius 1 is 0.800 bits per heavy atom. The first-order chi connectivity index (χ1) is 38.0. The first-order valence-electron chi connectivity index (χ1n) is 26.9. The summed E-state index contributed by atoms with van der Waals surface area (Å²) in [6.07, 6.45) is 6.32. The lowest BCUT2D eigenvalue weighted by Gasteiger charge is -2.38. The number of piperazine rings is 1. The maximum Gasteiger partial charge on any atom is 0.261 e.